The Morgan fingerprint density at radius 3 is 2.66 bits per heavy atom. The minimum Gasteiger partial charge on any atom is -0.467 e. The maximum absolute atomic E-state index is 12.9. The number of rotatable bonds is 5. The molecule has 0 saturated heterocycles. The van der Waals surface area contributed by atoms with Crippen molar-refractivity contribution in [3.63, 3.8) is 0 Å². The first kappa shape index (κ1) is 19.7. The fourth-order valence-electron chi connectivity index (χ4n) is 3.47. The summed E-state index contributed by atoms with van der Waals surface area (Å²) in [5.74, 6) is -0.904. The second-order valence-corrected chi connectivity index (χ2v) is 7.43. The van der Waals surface area contributed by atoms with Crippen LogP contribution in [0.25, 0.3) is 5.69 Å². The second-order valence-electron chi connectivity index (χ2n) is 6.99. The summed E-state index contributed by atoms with van der Waals surface area (Å²) in [6.45, 7) is 0.0185. The first-order valence-electron chi connectivity index (χ1n) is 9.50. The molecule has 3 amide bonds. The maximum Gasteiger partial charge on any atom is 0.261 e. The predicted octanol–water partition coefficient (Wildman–Crippen LogP) is 3.56. The highest BCUT2D eigenvalue weighted by Gasteiger charge is 2.36. The Hall–Kier alpha value is -4.24. The topological polar surface area (TPSA) is 110 Å². The van der Waals surface area contributed by atoms with E-state index in [0.717, 1.165) is 4.90 Å². The second kappa shape index (κ2) is 7.78. The van der Waals surface area contributed by atoms with Crippen molar-refractivity contribution in [2.24, 2.45) is 0 Å². The van der Waals surface area contributed by atoms with E-state index in [1.807, 2.05) is 0 Å². The lowest BCUT2D eigenvalue weighted by Crippen LogP contribution is -2.28. The fraction of sp³-hybridized carbons (Fsp3) is 0.0455. The molecule has 0 fully saturated rings. The number of hydrogen-bond acceptors (Lipinski definition) is 6. The number of hydrogen-bond donors (Lipinski definition) is 1. The summed E-state index contributed by atoms with van der Waals surface area (Å²) in [7, 11) is 0. The zero-order valence-corrected chi connectivity index (χ0v) is 17.1. The molecule has 0 atom stereocenters. The summed E-state index contributed by atoms with van der Waals surface area (Å²) >= 11 is 6.10. The van der Waals surface area contributed by atoms with Gasteiger partial charge in [-0.1, -0.05) is 11.6 Å². The van der Waals surface area contributed by atoms with Crippen LogP contribution in [-0.2, 0) is 6.54 Å². The molecular formula is C22H14ClN5O4. The standard InChI is InChI=1S/C22H14ClN5O4/c23-14-4-6-19(28-12-24-11-25-28)18(9-14)26-20(29)13-3-5-16-17(8-13)22(31)27(21(16)30)10-15-2-1-7-32-15/h1-9,11-12H,10H2,(H,26,29). The Morgan fingerprint density at radius 1 is 1.06 bits per heavy atom. The van der Waals surface area contributed by atoms with Crippen LogP contribution in [0.3, 0.4) is 0 Å². The molecular weight excluding hydrogens is 434 g/mol. The number of imide groups is 1. The molecule has 1 aliphatic rings. The zero-order valence-electron chi connectivity index (χ0n) is 16.4. The van der Waals surface area contributed by atoms with Gasteiger partial charge >= 0.3 is 0 Å². The van der Waals surface area contributed by atoms with Crippen LogP contribution in [0.15, 0.2) is 71.9 Å². The molecule has 10 heteroatoms. The van der Waals surface area contributed by atoms with Crippen LogP contribution in [0.5, 0.6) is 0 Å². The van der Waals surface area contributed by atoms with Crippen molar-refractivity contribution in [1.82, 2.24) is 19.7 Å². The Bertz CT molecular complexity index is 1350. The highest BCUT2D eigenvalue weighted by molar-refractivity contribution is 6.31. The maximum atomic E-state index is 12.9. The van der Waals surface area contributed by atoms with Crippen LogP contribution in [0.2, 0.25) is 5.02 Å². The molecule has 0 spiro atoms. The van der Waals surface area contributed by atoms with Crippen molar-refractivity contribution in [3.8, 4) is 5.69 Å². The van der Waals surface area contributed by atoms with Crippen molar-refractivity contribution in [1.29, 1.82) is 0 Å². The van der Waals surface area contributed by atoms with Crippen LogP contribution < -0.4 is 5.32 Å². The van der Waals surface area contributed by atoms with E-state index < -0.39 is 17.7 Å². The molecule has 32 heavy (non-hydrogen) atoms. The molecule has 9 nitrogen and oxygen atoms in total. The zero-order chi connectivity index (χ0) is 22.2. The van der Waals surface area contributed by atoms with Crippen molar-refractivity contribution in [3.05, 3.63) is 94.9 Å². The van der Waals surface area contributed by atoms with Crippen molar-refractivity contribution in [2.45, 2.75) is 6.54 Å². The molecule has 158 valence electrons. The molecule has 0 unspecified atom stereocenters. The van der Waals surface area contributed by atoms with Crippen molar-refractivity contribution >= 4 is 35.0 Å². The molecule has 1 aliphatic heterocycles. The number of anilines is 1. The Kier molecular flexibility index (Phi) is 4.79. The number of nitrogens with zero attached hydrogens (tertiary/aromatic N) is 4. The van der Waals surface area contributed by atoms with E-state index in [-0.39, 0.29) is 23.2 Å². The molecule has 2 aromatic carbocycles. The van der Waals surface area contributed by atoms with Gasteiger partial charge < -0.3 is 9.73 Å². The van der Waals surface area contributed by atoms with Crippen LogP contribution in [-0.4, -0.2) is 37.4 Å². The van der Waals surface area contributed by atoms with Gasteiger partial charge in [0, 0.05) is 10.6 Å². The van der Waals surface area contributed by atoms with Gasteiger partial charge in [-0.25, -0.2) is 9.67 Å². The summed E-state index contributed by atoms with van der Waals surface area (Å²) in [4.78, 5) is 43.4. The van der Waals surface area contributed by atoms with E-state index in [1.54, 1.807) is 30.3 Å². The van der Waals surface area contributed by atoms with Crippen molar-refractivity contribution < 1.29 is 18.8 Å². The van der Waals surface area contributed by atoms with Gasteiger partial charge in [-0.15, -0.1) is 0 Å². The number of amides is 3. The van der Waals surface area contributed by atoms with Gasteiger partial charge in [0.05, 0.1) is 35.3 Å². The highest BCUT2D eigenvalue weighted by Crippen LogP contribution is 2.28. The molecule has 0 aliphatic carbocycles. The quantitative estimate of drug-likeness (QED) is 0.468. The molecule has 5 rings (SSSR count). The third kappa shape index (κ3) is 3.44. The molecule has 0 bridgehead atoms. The minimum atomic E-state index is -0.484. The van der Waals surface area contributed by atoms with Crippen LogP contribution in [0.4, 0.5) is 5.69 Å². The summed E-state index contributed by atoms with van der Waals surface area (Å²) in [6.07, 6.45) is 4.34. The number of carbonyl (C=O) groups is 3. The number of furan rings is 1. The number of nitrogens with one attached hydrogen (secondary N) is 1. The lowest BCUT2D eigenvalue weighted by molar-refractivity contribution is 0.0631. The van der Waals surface area contributed by atoms with Gasteiger partial charge in [0.25, 0.3) is 17.7 Å². The summed E-state index contributed by atoms with van der Waals surface area (Å²) < 4.78 is 6.73. The monoisotopic (exact) mass is 447 g/mol. The minimum absolute atomic E-state index is 0.0185. The molecule has 0 saturated carbocycles. The van der Waals surface area contributed by atoms with Gasteiger partial charge in [0.2, 0.25) is 0 Å². The van der Waals surface area contributed by atoms with Crippen LogP contribution in [0.1, 0.15) is 36.8 Å². The van der Waals surface area contributed by atoms with E-state index in [9.17, 15) is 14.4 Å². The lowest BCUT2D eigenvalue weighted by atomic mass is 10.1. The predicted molar refractivity (Wildman–Crippen MR) is 114 cm³/mol. The third-order valence-corrected chi connectivity index (χ3v) is 5.23. The summed E-state index contributed by atoms with van der Waals surface area (Å²) in [6, 6.07) is 12.7. The SMILES string of the molecule is O=C(Nc1cc(Cl)ccc1-n1cncn1)c1ccc2c(c1)C(=O)N(Cc1ccco1)C2=O. The highest BCUT2D eigenvalue weighted by atomic mass is 35.5. The summed E-state index contributed by atoms with van der Waals surface area (Å²) in [5, 5.41) is 7.28. The fourth-order valence-corrected chi connectivity index (χ4v) is 3.64. The van der Waals surface area contributed by atoms with Gasteiger partial charge in [-0.3, -0.25) is 19.3 Å². The van der Waals surface area contributed by atoms with E-state index >= 15 is 0 Å². The first-order valence-corrected chi connectivity index (χ1v) is 9.87. The van der Waals surface area contributed by atoms with Crippen LogP contribution >= 0.6 is 11.6 Å². The normalized spacial score (nSPS) is 12.8. The Labute approximate surface area is 186 Å². The number of aromatic nitrogens is 3. The molecule has 1 N–H and O–H groups in total. The molecule has 3 heterocycles. The Balaban J connectivity index is 1.42. The number of halogens is 1. The van der Waals surface area contributed by atoms with Crippen LogP contribution in [0, 0.1) is 0 Å². The average molecular weight is 448 g/mol. The number of fused-ring (bicyclic) bond motifs is 1. The molecule has 4 aromatic rings. The molecule has 0 radical (unpaired) electrons. The first-order chi connectivity index (χ1) is 15.5. The van der Waals surface area contributed by atoms with Gasteiger partial charge in [-0.2, -0.15) is 5.10 Å². The third-order valence-electron chi connectivity index (χ3n) is 5.00. The largest absolute Gasteiger partial charge is 0.467 e. The number of benzene rings is 2. The van der Waals surface area contributed by atoms with Gasteiger partial charge in [-0.05, 0) is 48.5 Å². The van der Waals surface area contributed by atoms with E-state index in [1.165, 1.54) is 41.8 Å². The average Bonchev–Trinajstić information content (AvgIpc) is 3.54. The Morgan fingerprint density at radius 2 is 1.91 bits per heavy atom. The van der Waals surface area contributed by atoms with Gasteiger partial charge in [0.1, 0.15) is 18.4 Å². The molecule has 2 aromatic heterocycles. The van der Waals surface area contributed by atoms with E-state index in [4.69, 9.17) is 16.0 Å². The number of carbonyl (C=O) groups excluding carboxylic acids is 3. The lowest BCUT2D eigenvalue weighted by Gasteiger charge is -2.12. The van der Waals surface area contributed by atoms with E-state index in [0.29, 0.717) is 22.2 Å². The van der Waals surface area contributed by atoms with E-state index in [2.05, 4.69) is 15.4 Å². The summed E-state index contributed by atoms with van der Waals surface area (Å²) in [5.41, 5.74) is 1.60. The van der Waals surface area contributed by atoms with Gasteiger partial charge in [0.15, 0.2) is 0 Å². The smallest absolute Gasteiger partial charge is 0.261 e. The van der Waals surface area contributed by atoms with Crippen molar-refractivity contribution in [2.75, 3.05) is 5.32 Å².